The average Bonchev–Trinajstić information content (AvgIpc) is 2.69. The maximum absolute atomic E-state index is 12.9. The number of nitrogens with zero attached hydrogens (tertiary/aromatic N) is 2. The molecule has 0 unspecified atom stereocenters. The molecule has 160 valence electrons. The van der Waals surface area contributed by atoms with Crippen molar-refractivity contribution in [3.05, 3.63) is 59.9 Å². The highest BCUT2D eigenvalue weighted by Crippen LogP contribution is 2.38. The largest absolute Gasteiger partial charge is 0.446 e. The van der Waals surface area contributed by atoms with Gasteiger partial charge in [0.2, 0.25) is 5.91 Å². The summed E-state index contributed by atoms with van der Waals surface area (Å²) in [5, 5.41) is 2.67. The van der Waals surface area contributed by atoms with Gasteiger partial charge in [0.15, 0.2) is 0 Å². The molecule has 5 nitrogen and oxygen atoms in total. The van der Waals surface area contributed by atoms with Crippen LogP contribution in [0, 0.1) is 5.82 Å². The number of rotatable bonds is 5. The summed E-state index contributed by atoms with van der Waals surface area (Å²) in [5.41, 5.74) is -3.98. The first-order valence-electron chi connectivity index (χ1n) is 9.13. The Hall–Kier alpha value is -2.59. The van der Waals surface area contributed by atoms with E-state index in [9.17, 15) is 27.2 Å². The van der Waals surface area contributed by atoms with E-state index < -0.39 is 17.2 Å². The summed E-state index contributed by atoms with van der Waals surface area (Å²) >= 11 is -0.304. The number of carbonyl (C=O) groups excluding carboxylic acids is 2. The lowest BCUT2D eigenvalue weighted by molar-refractivity contribution is -0.117. The van der Waals surface area contributed by atoms with Gasteiger partial charge in [-0.2, -0.15) is 13.2 Å². The van der Waals surface area contributed by atoms with E-state index in [1.54, 1.807) is 0 Å². The van der Waals surface area contributed by atoms with Crippen LogP contribution in [0.5, 0.6) is 0 Å². The SMILES string of the molecule is O=C(CN1CCN(C(=O)c2ccccc2SC(F)(F)F)CC1)Nc1ccc(F)cc1. The molecular weight excluding hydrogens is 422 g/mol. The van der Waals surface area contributed by atoms with E-state index in [2.05, 4.69) is 5.32 Å². The molecule has 0 spiro atoms. The fraction of sp³-hybridized carbons (Fsp3) is 0.300. The van der Waals surface area contributed by atoms with E-state index in [-0.39, 0.29) is 34.7 Å². The molecule has 3 rings (SSSR count). The third-order valence-corrected chi connectivity index (χ3v) is 5.31. The molecule has 0 aromatic heterocycles. The molecule has 2 aromatic carbocycles. The van der Waals surface area contributed by atoms with Gasteiger partial charge in [0.1, 0.15) is 5.82 Å². The predicted molar refractivity (Wildman–Crippen MR) is 106 cm³/mol. The number of thioether (sulfide) groups is 1. The first-order chi connectivity index (χ1) is 14.2. The molecule has 1 heterocycles. The number of anilines is 1. The Labute approximate surface area is 175 Å². The van der Waals surface area contributed by atoms with Crippen molar-refractivity contribution < 1.29 is 27.2 Å². The van der Waals surface area contributed by atoms with Gasteiger partial charge >= 0.3 is 5.51 Å². The smallest absolute Gasteiger partial charge is 0.336 e. The minimum atomic E-state index is -4.48. The molecule has 10 heteroatoms. The van der Waals surface area contributed by atoms with Crippen LogP contribution in [0.15, 0.2) is 53.4 Å². The monoisotopic (exact) mass is 441 g/mol. The molecule has 1 saturated heterocycles. The van der Waals surface area contributed by atoms with Gasteiger partial charge < -0.3 is 10.2 Å². The number of halogens is 4. The number of amides is 2. The Bertz CT molecular complexity index is 898. The zero-order valence-electron chi connectivity index (χ0n) is 15.8. The maximum atomic E-state index is 12.9. The molecule has 1 fully saturated rings. The second-order valence-electron chi connectivity index (χ2n) is 6.67. The number of nitrogens with one attached hydrogen (secondary N) is 1. The van der Waals surface area contributed by atoms with Crippen molar-refractivity contribution in [3.8, 4) is 0 Å². The first-order valence-corrected chi connectivity index (χ1v) is 9.95. The van der Waals surface area contributed by atoms with E-state index in [0.29, 0.717) is 31.9 Å². The summed E-state index contributed by atoms with van der Waals surface area (Å²) in [4.78, 5) is 28.1. The summed E-state index contributed by atoms with van der Waals surface area (Å²) in [5.74, 6) is -1.13. The van der Waals surface area contributed by atoms with Crippen LogP contribution in [0.3, 0.4) is 0 Å². The summed E-state index contributed by atoms with van der Waals surface area (Å²) in [6.07, 6.45) is 0. The Morgan fingerprint density at radius 1 is 0.967 bits per heavy atom. The highest BCUT2D eigenvalue weighted by Gasteiger charge is 2.32. The minimum absolute atomic E-state index is 0.0160. The Balaban J connectivity index is 1.53. The summed E-state index contributed by atoms with van der Waals surface area (Å²) < 4.78 is 51.2. The van der Waals surface area contributed by atoms with Crippen molar-refractivity contribution in [1.29, 1.82) is 0 Å². The van der Waals surface area contributed by atoms with Gasteiger partial charge in [-0.05, 0) is 48.2 Å². The standard InChI is InChI=1S/C20H19F4N3O2S/c21-14-5-7-15(8-6-14)25-18(28)13-26-9-11-27(12-10-26)19(29)16-3-1-2-4-17(16)30-20(22,23)24/h1-8H,9-13H2,(H,25,28). The molecule has 0 atom stereocenters. The third-order valence-electron chi connectivity index (χ3n) is 4.50. The molecule has 0 saturated carbocycles. The molecule has 1 aliphatic rings. The van der Waals surface area contributed by atoms with Gasteiger partial charge in [0, 0.05) is 36.8 Å². The number of hydrogen-bond donors (Lipinski definition) is 1. The molecule has 0 radical (unpaired) electrons. The Kier molecular flexibility index (Phi) is 6.99. The number of alkyl halides is 3. The normalized spacial score (nSPS) is 15.1. The second-order valence-corrected chi connectivity index (χ2v) is 7.77. The van der Waals surface area contributed by atoms with E-state index in [1.807, 2.05) is 4.90 Å². The molecule has 2 amide bonds. The average molecular weight is 441 g/mol. The topological polar surface area (TPSA) is 52.7 Å². The van der Waals surface area contributed by atoms with Crippen molar-refractivity contribution in [2.45, 2.75) is 10.4 Å². The molecule has 1 N–H and O–H groups in total. The van der Waals surface area contributed by atoms with Crippen molar-refractivity contribution in [3.63, 3.8) is 0 Å². The summed E-state index contributed by atoms with van der Waals surface area (Å²) in [6, 6.07) is 11.1. The maximum Gasteiger partial charge on any atom is 0.446 e. The van der Waals surface area contributed by atoms with E-state index in [4.69, 9.17) is 0 Å². The number of piperazine rings is 1. The summed E-state index contributed by atoms with van der Waals surface area (Å²) in [6.45, 7) is 1.52. The van der Waals surface area contributed by atoms with Gasteiger partial charge in [0.25, 0.3) is 5.91 Å². The molecular formula is C20H19F4N3O2S. The minimum Gasteiger partial charge on any atom is -0.336 e. The molecule has 30 heavy (non-hydrogen) atoms. The second kappa shape index (κ2) is 9.48. The fourth-order valence-corrected chi connectivity index (χ4v) is 3.73. The van der Waals surface area contributed by atoms with Gasteiger partial charge in [0.05, 0.1) is 12.1 Å². The van der Waals surface area contributed by atoms with Crippen LogP contribution in [0.1, 0.15) is 10.4 Å². The van der Waals surface area contributed by atoms with Gasteiger partial charge in [-0.1, -0.05) is 12.1 Å². The lowest BCUT2D eigenvalue weighted by Crippen LogP contribution is -2.50. The predicted octanol–water partition coefficient (Wildman–Crippen LogP) is 3.83. The van der Waals surface area contributed by atoms with Crippen LogP contribution in [-0.4, -0.2) is 59.8 Å². The third kappa shape index (κ3) is 6.20. The van der Waals surface area contributed by atoms with Crippen LogP contribution in [-0.2, 0) is 4.79 Å². The Morgan fingerprint density at radius 3 is 2.23 bits per heavy atom. The van der Waals surface area contributed by atoms with E-state index in [0.717, 1.165) is 0 Å². The fourth-order valence-electron chi connectivity index (χ4n) is 3.07. The first kappa shape index (κ1) is 22.1. The van der Waals surface area contributed by atoms with Crippen LogP contribution in [0.4, 0.5) is 23.2 Å². The van der Waals surface area contributed by atoms with E-state index in [1.165, 1.54) is 53.4 Å². The highest BCUT2D eigenvalue weighted by atomic mass is 32.2. The molecule has 0 bridgehead atoms. The number of hydrogen-bond acceptors (Lipinski definition) is 4. The van der Waals surface area contributed by atoms with Gasteiger partial charge in [-0.15, -0.1) is 0 Å². The number of benzene rings is 2. The molecule has 0 aliphatic carbocycles. The van der Waals surface area contributed by atoms with Crippen molar-refractivity contribution in [2.24, 2.45) is 0 Å². The van der Waals surface area contributed by atoms with E-state index >= 15 is 0 Å². The zero-order chi connectivity index (χ0) is 21.7. The molecule has 2 aromatic rings. The van der Waals surface area contributed by atoms with Gasteiger partial charge in [-0.25, -0.2) is 4.39 Å². The van der Waals surface area contributed by atoms with Crippen molar-refractivity contribution in [2.75, 3.05) is 38.0 Å². The van der Waals surface area contributed by atoms with Crippen LogP contribution in [0.2, 0.25) is 0 Å². The summed E-state index contributed by atoms with van der Waals surface area (Å²) in [7, 11) is 0. The Morgan fingerprint density at radius 2 is 1.60 bits per heavy atom. The number of carbonyl (C=O) groups is 2. The lowest BCUT2D eigenvalue weighted by Gasteiger charge is -2.34. The van der Waals surface area contributed by atoms with Crippen LogP contribution >= 0.6 is 11.8 Å². The lowest BCUT2D eigenvalue weighted by atomic mass is 10.2. The van der Waals surface area contributed by atoms with Crippen LogP contribution in [0.25, 0.3) is 0 Å². The van der Waals surface area contributed by atoms with Crippen LogP contribution < -0.4 is 5.32 Å². The van der Waals surface area contributed by atoms with Crippen molar-refractivity contribution >= 4 is 29.3 Å². The molecule has 1 aliphatic heterocycles. The quantitative estimate of drug-likeness (QED) is 0.566. The van der Waals surface area contributed by atoms with Crippen molar-refractivity contribution in [1.82, 2.24) is 9.80 Å². The zero-order valence-corrected chi connectivity index (χ0v) is 16.6. The van der Waals surface area contributed by atoms with Gasteiger partial charge in [-0.3, -0.25) is 14.5 Å². The highest BCUT2D eigenvalue weighted by molar-refractivity contribution is 8.00.